The zero-order valence-electron chi connectivity index (χ0n) is 17.5. The van der Waals surface area contributed by atoms with E-state index in [9.17, 15) is 4.79 Å². The molecule has 0 fully saturated rings. The van der Waals surface area contributed by atoms with Crippen molar-refractivity contribution in [2.75, 3.05) is 32.6 Å². The second kappa shape index (κ2) is 9.98. The van der Waals surface area contributed by atoms with Gasteiger partial charge in [-0.2, -0.15) is 0 Å². The predicted octanol–water partition coefficient (Wildman–Crippen LogP) is 4.74. The van der Waals surface area contributed by atoms with E-state index in [1.807, 2.05) is 63.2 Å². The first-order chi connectivity index (χ1) is 13.3. The highest BCUT2D eigenvalue weighted by molar-refractivity contribution is 14.1. The second-order valence-corrected chi connectivity index (χ2v) is 8.25. The minimum Gasteiger partial charge on any atom is -0.306 e. The minimum absolute atomic E-state index is 0.102. The van der Waals surface area contributed by atoms with Crippen LogP contribution in [0.1, 0.15) is 22.3 Å². The number of likely N-dealkylation sites (N-methyl/N-ethyl adjacent to an activating group) is 1. The van der Waals surface area contributed by atoms with Gasteiger partial charge < -0.3 is 4.90 Å². The van der Waals surface area contributed by atoms with E-state index in [4.69, 9.17) is 0 Å². The molecule has 148 valence electrons. The Kier molecular flexibility index (Phi) is 7.95. The molecule has 0 N–H and O–H groups in total. The molecular weight excluding hydrogens is 461 g/mol. The maximum atomic E-state index is 13.3. The van der Waals surface area contributed by atoms with Crippen molar-refractivity contribution in [3.05, 3.63) is 74.4 Å². The molecule has 28 heavy (non-hydrogen) atoms. The maximum absolute atomic E-state index is 13.3. The molecule has 0 saturated carbocycles. The Hall–Kier alpha value is -1.99. The molecule has 0 aliphatic rings. The predicted molar refractivity (Wildman–Crippen MR) is 127 cm³/mol. The first-order valence-electron chi connectivity index (χ1n) is 9.21. The van der Waals surface area contributed by atoms with Crippen LogP contribution in [0, 0.1) is 24.3 Å². The number of amides is 1. The zero-order valence-corrected chi connectivity index (χ0v) is 19.6. The molecule has 0 atom stereocenters. The van der Waals surface area contributed by atoms with E-state index in [1.54, 1.807) is 18.0 Å². The van der Waals surface area contributed by atoms with Crippen LogP contribution in [0.15, 0.2) is 53.5 Å². The highest BCUT2D eigenvalue weighted by Gasteiger charge is 2.24. The number of anilines is 1. The number of rotatable bonds is 5. The van der Waals surface area contributed by atoms with Crippen LogP contribution in [0.5, 0.6) is 0 Å². The molecule has 0 bridgehead atoms. The van der Waals surface area contributed by atoms with Gasteiger partial charge in [0.1, 0.15) is 5.84 Å². The topological polar surface area (TPSA) is 35.9 Å². The van der Waals surface area contributed by atoms with Crippen molar-refractivity contribution in [2.45, 2.75) is 20.8 Å². The molecule has 0 unspecified atom stereocenters. The lowest BCUT2D eigenvalue weighted by molar-refractivity contribution is -0.113. The molecule has 2 aromatic rings. The van der Waals surface area contributed by atoms with Gasteiger partial charge in [-0.05, 0) is 86.3 Å². The third kappa shape index (κ3) is 5.29. The molecule has 0 heterocycles. The van der Waals surface area contributed by atoms with Gasteiger partial charge in [0.15, 0.2) is 0 Å². The second-order valence-electron chi connectivity index (χ2n) is 7.09. The quantitative estimate of drug-likeness (QED) is 0.263. The molecule has 1 amide bonds. The molecule has 2 aromatic carbocycles. The third-order valence-corrected chi connectivity index (χ3v) is 5.64. The number of nitrogens with zero attached hydrogens (tertiary/aromatic N) is 3. The van der Waals surface area contributed by atoms with Crippen LogP contribution >= 0.6 is 22.6 Å². The lowest BCUT2D eigenvalue weighted by Crippen LogP contribution is -2.37. The molecule has 0 spiro atoms. The standard InChI is InChI=1S/C23H28IN3O/c1-16-10-7-8-11-19(16)23(25-4)27(22(28)12-9-13-26(5)6)21-15-17(2)20(24)14-18(21)3/h7-12,14-15H,13H2,1-6H3/b12-9+,25-23?. The van der Waals surface area contributed by atoms with Crippen molar-refractivity contribution >= 4 is 40.0 Å². The molecule has 0 aliphatic carbocycles. The summed E-state index contributed by atoms with van der Waals surface area (Å²) in [5.41, 5.74) is 5.07. The number of benzene rings is 2. The van der Waals surface area contributed by atoms with Crippen molar-refractivity contribution in [3.8, 4) is 0 Å². The van der Waals surface area contributed by atoms with Crippen LogP contribution in [0.3, 0.4) is 0 Å². The molecule has 0 aliphatic heterocycles. The van der Waals surface area contributed by atoms with Crippen LogP contribution in [-0.4, -0.2) is 44.3 Å². The lowest BCUT2D eigenvalue weighted by atomic mass is 10.0. The number of hydrogen-bond acceptors (Lipinski definition) is 3. The number of amidine groups is 1. The molecule has 0 aromatic heterocycles. The number of hydrogen-bond donors (Lipinski definition) is 0. The van der Waals surface area contributed by atoms with Gasteiger partial charge in [-0.25, -0.2) is 0 Å². The Balaban J connectivity index is 2.62. The Labute approximate surface area is 182 Å². The summed E-state index contributed by atoms with van der Waals surface area (Å²) >= 11 is 2.33. The maximum Gasteiger partial charge on any atom is 0.256 e. The van der Waals surface area contributed by atoms with Crippen molar-refractivity contribution in [3.63, 3.8) is 0 Å². The Morgan fingerprint density at radius 2 is 1.75 bits per heavy atom. The van der Waals surface area contributed by atoms with Gasteiger partial charge in [0.05, 0.1) is 5.69 Å². The fourth-order valence-electron chi connectivity index (χ4n) is 2.95. The van der Waals surface area contributed by atoms with Crippen LogP contribution in [0.2, 0.25) is 0 Å². The normalized spacial score (nSPS) is 12.1. The Bertz CT molecular complexity index is 916. The smallest absolute Gasteiger partial charge is 0.256 e. The number of carbonyl (C=O) groups excluding carboxylic acids is 1. The number of aryl methyl sites for hydroxylation is 3. The largest absolute Gasteiger partial charge is 0.306 e. The van der Waals surface area contributed by atoms with Crippen molar-refractivity contribution < 1.29 is 4.79 Å². The van der Waals surface area contributed by atoms with E-state index in [0.29, 0.717) is 12.4 Å². The van der Waals surface area contributed by atoms with Gasteiger partial charge in [-0.3, -0.25) is 14.7 Å². The lowest BCUT2D eigenvalue weighted by Gasteiger charge is -2.26. The van der Waals surface area contributed by atoms with E-state index >= 15 is 0 Å². The van der Waals surface area contributed by atoms with Crippen LogP contribution < -0.4 is 4.90 Å². The Morgan fingerprint density at radius 3 is 2.36 bits per heavy atom. The van der Waals surface area contributed by atoms with Gasteiger partial charge >= 0.3 is 0 Å². The van der Waals surface area contributed by atoms with Gasteiger partial charge in [-0.1, -0.05) is 30.3 Å². The van der Waals surface area contributed by atoms with E-state index in [0.717, 1.165) is 27.9 Å². The summed E-state index contributed by atoms with van der Waals surface area (Å²) < 4.78 is 1.18. The SMILES string of the molecule is CN=C(c1ccccc1C)N(C(=O)/C=C/CN(C)C)c1cc(C)c(I)cc1C. The first-order valence-corrected chi connectivity index (χ1v) is 10.3. The summed E-state index contributed by atoms with van der Waals surface area (Å²) in [6.45, 7) is 6.84. The van der Waals surface area contributed by atoms with Gasteiger partial charge in [0.2, 0.25) is 0 Å². The van der Waals surface area contributed by atoms with E-state index < -0.39 is 0 Å². The fourth-order valence-corrected chi connectivity index (χ4v) is 3.57. The highest BCUT2D eigenvalue weighted by atomic mass is 127. The molecular formula is C23H28IN3O. The summed E-state index contributed by atoms with van der Waals surface area (Å²) in [4.78, 5) is 21.6. The summed E-state index contributed by atoms with van der Waals surface area (Å²) in [7, 11) is 5.69. The van der Waals surface area contributed by atoms with Crippen LogP contribution in [0.25, 0.3) is 0 Å². The van der Waals surface area contributed by atoms with E-state index in [2.05, 4.69) is 46.6 Å². The summed E-state index contributed by atoms with van der Waals surface area (Å²) in [5.74, 6) is 0.552. The van der Waals surface area contributed by atoms with Crippen LogP contribution in [0.4, 0.5) is 5.69 Å². The minimum atomic E-state index is -0.102. The number of carbonyl (C=O) groups is 1. The summed E-state index contributed by atoms with van der Waals surface area (Å²) in [6.07, 6.45) is 3.52. The monoisotopic (exact) mass is 489 g/mol. The third-order valence-electron chi connectivity index (χ3n) is 4.48. The average Bonchev–Trinajstić information content (AvgIpc) is 2.63. The average molecular weight is 489 g/mol. The van der Waals surface area contributed by atoms with E-state index in [-0.39, 0.29) is 5.91 Å². The van der Waals surface area contributed by atoms with Gasteiger partial charge in [0.25, 0.3) is 5.91 Å². The summed E-state index contributed by atoms with van der Waals surface area (Å²) in [5, 5.41) is 0. The molecule has 4 nitrogen and oxygen atoms in total. The summed E-state index contributed by atoms with van der Waals surface area (Å²) in [6, 6.07) is 12.2. The van der Waals surface area contributed by atoms with Gasteiger partial charge in [-0.15, -0.1) is 0 Å². The van der Waals surface area contributed by atoms with Crippen LogP contribution in [-0.2, 0) is 4.79 Å². The van der Waals surface area contributed by atoms with Crippen molar-refractivity contribution in [1.29, 1.82) is 0 Å². The highest BCUT2D eigenvalue weighted by Crippen LogP contribution is 2.28. The van der Waals surface area contributed by atoms with Crippen molar-refractivity contribution in [2.24, 2.45) is 4.99 Å². The van der Waals surface area contributed by atoms with Gasteiger partial charge in [0, 0.05) is 28.8 Å². The zero-order chi connectivity index (χ0) is 20.8. The van der Waals surface area contributed by atoms with Crippen molar-refractivity contribution in [1.82, 2.24) is 4.90 Å². The first kappa shape index (κ1) is 22.3. The number of aliphatic imine (C=N–C) groups is 1. The molecule has 2 rings (SSSR count). The molecule has 0 saturated heterocycles. The van der Waals surface area contributed by atoms with E-state index in [1.165, 1.54) is 3.57 Å². The molecule has 5 heteroatoms. The number of halogens is 1. The molecule has 0 radical (unpaired) electrons. The fraction of sp³-hybridized carbons (Fsp3) is 0.304. The Morgan fingerprint density at radius 1 is 1.07 bits per heavy atom.